The molecule has 2 heterocycles. The summed E-state index contributed by atoms with van der Waals surface area (Å²) in [5, 5.41) is 9.68. The number of aromatic nitrogens is 2. The zero-order chi connectivity index (χ0) is 12.1. The number of nitrogens with zero attached hydrogens (tertiary/aromatic N) is 2. The van der Waals surface area contributed by atoms with Crippen LogP contribution in [-0.2, 0) is 0 Å². The molecule has 0 aliphatic heterocycles. The first-order valence-corrected chi connectivity index (χ1v) is 6.53. The molecule has 2 aromatic heterocycles. The number of pyridine rings is 1. The third kappa shape index (κ3) is 3.17. The Morgan fingerprint density at radius 3 is 2.94 bits per heavy atom. The average molecular weight is 248 g/mol. The van der Waals surface area contributed by atoms with Crippen molar-refractivity contribution in [2.75, 3.05) is 17.2 Å². The maximum atomic E-state index is 4.30. The van der Waals surface area contributed by atoms with Crippen LogP contribution in [0.3, 0.4) is 0 Å². The maximum Gasteiger partial charge on any atom is 0.127 e. The first-order valence-electron chi connectivity index (χ1n) is 5.65. The minimum atomic E-state index is 0.215. The number of anilines is 2. The molecule has 17 heavy (non-hydrogen) atoms. The SMILES string of the molecule is CCNc1cc(NC(C)c2nccs2)ccn1. The fourth-order valence-corrected chi connectivity index (χ4v) is 2.20. The van der Waals surface area contributed by atoms with Crippen LogP contribution in [0.1, 0.15) is 24.9 Å². The van der Waals surface area contributed by atoms with Crippen LogP contribution < -0.4 is 10.6 Å². The number of rotatable bonds is 5. The lowest BCUT2D eigenvalue weighted by Gasteiger charge is -2.13. The normalized spacial score (nSPS) is 12.1. The summed E-state index contributed by atoms with van der Waals surface area (Å²) in [5.74, 6) is 0.892. The Labute approximate surface area is 105 Å². The molecule has 2 rings (SSSR count). The van der Waals surface area contributed by atoms with Gasteiger partial charge in [-0.25, -0.2) is 9.97 Å². The zero-order valence-corrected chi connectivity index (χ0v) is 10.8. The summed E-state index contributed by atoms with van der Waals surface area (Å²) < 4.78 is 0. The average Bonchev–Trinajstić information content (AvgIpc) is 2.83. The highest BCUT2D eigenvalue weighted by Gasteiger charge is 2.07. The molecular weight excluding hydrogens is 232 g/mol. The summed E-state index contributed by atoms with van der Waals surface area (Å²) in [6, 6.07) is 4.19. The largest absolute Gasteiger partial charge is 0.376 e. The van der Waals surface area contributed by atoms with E-state index in [0.717, 1.165) is 23.1 Å². The topological polar surface area (TPSA) is 49.8 Å². The molecule has 0 radical (unpaired) electrons. The number of nitrogens with one attached hydrogen (secondary N) is 2. The summed E-state index contributed by atoms with van der Waals surface area (Å²) in [5.41, 5.74) is 1.05. The van der Waals surface area contributed by atoms with Gasteiger partial charge in [0.25, 0.3) is 0 Å². The molecule has 0 bridgehead atoms. The predicted octanol–water partition coefficient (Wildman–Crippen LogP) is 3.14. The Morgan fingerprint density at radius 2 is 2.24 bits per heavy atom. The van der Waals surface area contributed by atoms with E-state index in [-0.39, 0.29) is 6.04 Å². The van der Waals surface area contributed by atoms with Gasteiger partial charge in [-0.3, -0.25) is 0 Å². The molecule has 0 saturated carbocycles. The van der Waals surface area contributed by atoms with E-state index in [1.54, 1.807) is 17.5 Å². The molecule has 5 heteroatoms. The Morgan fingerprint density at radius 1 is 1.35 bits per heavy atom. The minimum absolute atomic E-state index is 0.215. The summed E-state index contributed by atoms with van der Waals surface area (Å²) >= 11 is 1.66. The van der Waals surface area contributed by atoms with E-state index < -0.39 is 0 Å². The molecule has 0 aliphatic carbocycles. The predicted molar refractivity (Wildman–Crippen MR) is 72.6 cm³/mol. The van der Waals surface area contributed by atoms with Gasteiger partial charge in [0.2, 0.25) is 0 Å². The van der Waals surface area contributed by atoms with Gasteiger partial charge in [-0.1, -0.05) is 0 Å². The Balaban J connectivity index is 2.05. The Hall–Kier alpha value is -1.62. The summed E-state index contributed by atoms with van der Waals surface area (Å²) in [7, 11) is 0. The van der Waals surface area contributed by atoms with Crippen LogP contribution in [0.15, 0.2) is 29.9 Å². The molecule has 2 aromatic rings. The van der Waals surface area contributed by atoms with Crippen LogP contribution in [-0.4, -0.2) is 16.5 Å². The van der Waals surface area contributed by atoms with E-state index in [9.17, 15) is 0 Å². The van der Waals surface area contributed by atoms with Crippen LogP contribution in [0.5, 0.6) is 0 Å². The summed E-state index contributed by atoms with van der Waals surface area (Å²) in [4.78, 5) is 8.53. The fourth-order valence-electron chi connectivity index (χ4n) is 1.56. The second-order valence-corrected chi connectivity index (χ2v) is 4.62. The van der Waals surface area contributed by atoms with Crippen LogP contribution in [0.4, 0.5) is 11.5 Å². The molecule has 1 unspecified atom stereocenters. The van der Waals surface area contributed by atoms with E-state index >= 15 is 0 Å². The van der Waals surface area contributed by atoms with Gasteiger partial charge in [-0.05, 0) is 19.9 Å². The Bertz CT molecular complexity index is 455. The third-order valence-corrected chi connectivity index (χ3v) is 3.28. The van der Waals surface area contributed by atoms with Gasteiger partial charge in [0.1, 0.15) is 10.8 Å². The molecular formula is C12H16N4S. The van der Waals surface area contributed by atoms with Crippen molar-refractivity contribution in [2.45, 2.75) is 19.9 Å². The molecule has 2 N–H and O–H groups in total. The highest BCUT2D eigenvalue weighted by atomic mass is 32.1. The van der Waals surface area contributed by atoms with E-state index in [2.05, 4.69) is 34.4 Å². The molecule has 4 nitrogen and oxygen atoms in total. The summed E-state index contributed by atoms with van der Waals surface area (Å²) in [6.45, 7) is 5.03. The molecule has 0 spiro atoms. The second kappa shape index (κ2) is 5.63. The first kappa shape index (κ1) is 11.9. The van der Waals surface area contributed by atoms with Gasteiger partial charge in [0.15, 0.2) is 0 Å². The van der Waals surface area contributed by atoms with Gasteiger partial charge in [0.05, 0.1) is 6.04 Å². The second-order valence-electron chi connectivity index (χ2n) is 3.70. The van der Waals surface area contributed by atoms with E-state index in [4.69, 9.17) is 0 Å². The van der Waals surface area contributed by atoms with Crippen molar-refractivity contribution >= 4 is 22.8 Å². The lowest BCUT2D eigenvalue weighted by molar-refractivity contribution is 0.869. The van der Waals surface area contributed by atoms with Crippen molar-refractivity contribution in [1.29, 1.82) is 0 Å². The highest BCUT2D eigenvalue weighted by Crippen LogP contribution is 2.21. The van der Waals surface area contributed by atoms with Gasteiger partial charge in [-0.2, -0.15) is 0 Å². The smallest absolute Gasteiger partial charge is 0.127 e. The van der Waals surface area contributed by atoms with Crippen molar-refractivity contribution in [2.24, 2.45) is 0 Å². The molecule has 0 fully saturated rings. The minimum Gasteiger partial charge on any atom is -0.376 e. The van der Waals surface area contributed by atoms with E-state index in [1.807, 2.05) is 23.7 Å². The van der Waals surface area contributed by atoms with Crippen LogP contribution >= 0.6 is 11.3 Å². The van der Waals surface area contributed by atoms with Crippen LogP contribution in [0, 0.1) is 0 Å². The standard InChI is InChI=1S/C12H16N4S/c1-3-13-11-8-10(4-5-14-11)16-9(2)12-15-6-7-17-12/h4-9H,3H2,1-2H3,(H2,13,14,16). The Kier molecular flexibility index (Phi) is 3.93. The maximum absolute atomic E-state index is 4.30. The number of hydrogen-bond donors (Lipinski definition) is 2. The molecule has 90 valence electrons. The number of thiazole rings is 1. The fraction of sp³-hybridized carbons (Fsp3) is 0.333. The molecule has 0 aliphatic rings. The molecule has 0 aromatic carbocycles. The quantitative estimate of drug-likeness (QED) is 0.853. The lowest BCUT2D eigenvalue weighted by atomic mass is 10.3. The van der Waals surface area contributed by atoms with Crippen molar-refractivity contribution in [3.05, 3.63) is 34.9 Å². The van der Waals surface area contributed by atoms with Gasteiger partial charge < -0.3 is 10.6 Å². The van der Waals surface area contributed by atoms with E-state index in [1.165, 1.54) is 0 Å². The van der Waals surface area contributed by atoms with Gasteiger partial charge in [0, 0.05) is 36.1 Å². The van der Waals surface area contributed by atoms with Crippen molar-refractivity contribution in [3.8, 4) is 0 Å². The highest BCUT2D eigenvalue weighted by molar-refractivity contribution is 7.09. The van der Waals surface area contributed by atoms with Crippen molar-refractivity contribution in [3.63, 3.8) is 0 Å². The first-order chi connectivity index (χ1) is 8.29. The zero-order valence-electron chi connectivity index (χ0n) is 9.97. The van der Waals surface area contributed by atoms with Crippen molar-refractivity contribution in [1.82, 2.24) is 9.97 Å². The van der Waals surface area contributed by atoms with Crippen molar-refractivity contribution < 1.29 is 0 Å². The third-order valence-electron chi connectivity index (χ3n) is 2.32. The van der Waals surface area contributed by atoms with Crippen LogP contribution in [0.2, 0.25) is 0 Å². The van der Waals surface area contributed by atoms with Crippen LogP contribution in [0.25, 0.3) is 0 Å². The molecule has 0 amide bonds. The molecule has 0 saturated heterocycles. The van der Waals surface area contributed by atoms with E-state index in [0.29, 0.717) is 0 Å². The number of hydrogen-bond acceptors (Lipinski definition) is 5. The monoisotopic (exact) mass is 248 g/mol. The van der Waals surface area contributed by atoms with Gasteiger partial charge >= 0.3 is 0 Å². The van der Waals surface area contributed by atoms with Gasteiger partial charge in [-0.15, -0.1) is 11.3 Å². The summed E-state index contributed by atoms with van der Waals surface area (Å²) in [6.07, 6.45) is 3.63. The molecule has 1 atom stereocenters. The lowest BCUT2D eigenvalue weighted by Crippen LogP contribution is -2.07.